The van der Waals surface area contributed by atoms with Gasteiger partial charge in [-0.2, -0.15) is 0 Å². The van der Waals surface area contributed by atoms with E-state index in [-0.39, 0.29) is 0 Å². The van der Waals surface area contributed by atoms with Crippen molar-refractivity contribution < 1.29 is 9.90 Å². The number of aliphatic carboxylic acids is 1. The van der Waals surface area contributed by atoms with E-state index in [9.17, 15) is 9.90 Å². The zero-order valence-corrected chi connectivity index (χ0v) is 10.6. The Morgan fingerprint density at radius 2 is 1.86 bits per heavy atom. The van der Waals surface area contributed by atoms with Crippen molar-refractivity contribution in [3.63, 3.8) is 0 Å². The van der Waals surface area contributed by atoms with Gasteiger partial charge in [0.15, 0.2) is 0 Å². The fourth-order valence-electron chi connectivity index (χ4n) is 1.30. The van der Waals surface area contributed by atoms with Crippen LogP contribution >= 0.6 is 11.8 Å². The molecule has 0 amide bonds. The summed E-state index contributed by atoms with van der Waals surface area (Å²) in [5.74, 6) is -0.113. The Hall–Kier alpha value is -0.180. The van der Waals surface area contributed by atoms with Gasteiger partial charge in [0.2, 0.25) is 0 Å². The van der Waals surface area contributed by atoms with Gasteiger partial charge in [0.05, 0.1) is 0 Å². The van der Waals surface area contributed by atoms with Crippen LogP contribution in [0.15, 0.2) is 0 Å². The number of carboxylic acid groups (broad SMARTS) is 1. The standard InChI is InChI=1S/C11H22O2S/c1-8(2)6-7-11(5,10(12)13)14-9(3)4/h8-9H,6-7H2,1-5H3,(H,12,13). The fraction of sp³-hybridized carbons (Fsp3) is 0.909. The van der Waals surface area contributed by atoms with Crippen LogP contribution in [0, 0.1) is 5.92 Å². The minimum absolute atomic E-state index is 0.364. The van der Waals surface area contributed by atoms with Crippen LogP contribution in [0.5, 0.6) is 0 Å². The van der Waals surface area contributed by atoms with Crippen LogP contribution in [-0.4, -0.2) is 21.1 Å². The SMILES string of the molecule is CC(C)CCC(C)(SC(C)C)C(=O)O. The van der Waals surface area contributed by atoms with Gasteiger partial charge in [0, 0.05) is 5.25 Å². The number of thioether (sulfide) groups is 1. The normalized spacial score (nSPS) is 15.9. The van der Waals surface area contributed by atoms with Gasteiger partial charge in [-0.05, 0) is 25.7 Å². The van der Waals surface area contributed by atoms with Crippen molar-refractivity contribution in [2.24, 2.45) is 5.92 Å². The van der Waals surface area contributed by atoms with Crippen molar-refractivity contribution in [2.75, 3.05) is 0 Å². The highest BCUT2D eigenvalue weighted by Gasteiger charge is 2.34. The molecule has 0 aliphatic heterocycles. The Morgan fingerprint density at radius 1 is 1.36 bits per heavy atom. The maximum absolute atomic E-state index is 11.1. The topological polar surface area (TPSA) is 37.3 Å². The summed E-state index contributed by atoms with van der Waals surface area (Å²) in [7, 11) is 0. The molecule has 0 spiro atoms. The number of carbonyl (C=O) groups is 1. The van der Waals surface area contributed by atoms with Crippen LogP contribution in [0.4, 0.5) is 0 Å². The second-order valence-electron chi connectivity index (χ2n) is 4.64. The first-order chi connectivity index (χ1) is 6.28. The molecule has 0 bridgehead atoms. The fourth-order valence-corrected chi connectivity index (χ4v) is 2.68. The first-order valence-electron chi connectivity index (χ1n) is 5.19. The predicted octanol–water partition coefficient (Wildman–Crippen LogP) is 3.41. The van der Waals surface area contributed by atoms with Crippen molar-refractivity contribution in [1.29, 1.82) is 0 Å². The summed E-state index contributed by atoms with van der Waals surface area (Å²) >= 11 is 1.55. The summed E-state index contributed by atoms with van der Waals surface area (Å²) in [6, 6.07) is 0. The lowest BCUT2D eigenvalue weighted by atomic mass is 9.99. The van der Waals surface area contributed by atoms with E-state index in [4.69, 9.17) is 0 Å². The monoisotopic (exact) mass is 218 g/mol. The predicted molar refractivity (Wildman–Crippen MR) is 62.8 cm³/mol. The molecule has 1 unspecified atom stereocenters. The molecule has 0 aliphatic carbocycles. The molecule has 84 valence electrons. The lowest BCUT2D eigenvalue weighted by molar-refractivity contribution is -0.139. The lowest BCUT2D eigenvalue weighted by Crippen LogP contribution is -2.33. The lowest BCUT2D eigenvalue weighted by Gasteiger charge is -2.26. The van der Waals surface area contributed by atoms with E-state index in [2.05, 4.69) is 13.8 Å². The summed E-state index contributed by atoms with van der Waals surface area (Å²) in [4.78, 5) is 11.1. The molecule has 0 rings (SSSR count). The minimum atomic E-state index is -0.683. The second-order valence-corrected chi connectivity index (χ2v) is 6.71. The maximum Gasteiger partial charge on any atom is 0.319 e. The summed E-state index contributed by atoms with van der Waals surface area (Å²) in [5.41, 5.74) is 0. The third kappa shape index (κ3) is 4.89. The van der Waals surface area contributed by atoms with Crippen molar-refractivity contribution in [1.82, 2.24) is 0 Å². The molecule has 0 aliphatic rings. The largest absolute Gasteiger partial charge is 0.480 e. The Balaban J connectivity index is 4.32. The molecule has 0 saturated carbocycles. The van der Waals surface area contributed by atoms with Gasteiger partial charge in [0.25, 0.3) is 0 Å². The van der Waals surface area contributed by atoms with Crippen LogP contribution in [0.3, 0.4) is 0 Å². The van der Waals surface area contributed by atoms with E-state index < -0.39 is 10.7 Å². The van der Waals surface area contributed by atoms with E-state index in [1.165, 1.54) is 0 Å². The zero-order valence-electron chi connectivity index (χ0n) is 9.83. The van der Waals surface area contributed by atoms with Crippen LogP contribution in [0.1, 0.15) is 47.5 Å². The van der Waals surface area contributed by atoms with Crippen molar-refractivity contribution in [2.45, 2.75) is 57.5 Å². The van der Waals surface area contributed by atoms with Crippen molar-refractivity contribution >= 4 is 17.7 Å². The number of rotatable bonds is 6. The highest BCUT2D eigenvalue weighted by molar-refractivity contribution is 8.01. The average Bonchev–Trinajstić information content (AvgIpc) is 1.99. The third-order valence-corrected chi connectivity index (χ3v) is 3.52. The van der Waals surface area contributed by atoms with Crippen LogP contribution in [0.25, 0.3) is 0 Å². The van der Waals surface area contributed by atoms with Gasteiger partial charge in [-0.3, -0.25) is 4.79 Å². The first-order valence-corrected chi connectivity index (χ1v) is 6.07. The molecule has 0 aromatic rings. The van der Waals surface area contributed by atoms with Crippen LogP contribution in [-0.2, 0) is 4.79 Å². The molecular weight excluding hydrogens is 196 g/mol. The molecule has 0 heterocycles. The van der Waals surface area contributed by atoms with E-state index >= 15 is 0 Å². The van der Waals surface area contributed by atoms with E-state index in [1.54, 1.807) is 11.8 Å². The molecular formula is C11H22O2S. The highest BCUT2D eigenvalue weighted by Crippen LogP contribution is 2.34. The third-order valence-electron chi connectivity index (χ3n) is 2.15. The molecule has 0 aromatic carbocycles. The van der Waals surface area contributed by atoms with Gasteiger partial charge in [-0.25, -0.2) is 0 Å². The molecule has 0 saturated heterocycles. The molecule has 0 aromatic heterocycles. The Labute approximate surface area is 91.5 Å². The molecule has 1 atom stereocenters. The molecule has 2 nitrogen and oxygen atoms in total. The minimum Gasteiger partial charge on any atom is -0.480 e. The first kappa shape index (κ1) is 13.8. The van der Waals surface area contributed by atoms with Crippen LogP contribution < -0.4 is 0 Å². The van der Waals surface area contributed by atoms with Crippen molar-refractivity contribution in [3.05, 3.63) is 0 Å². The Kier molecular flexibility index (Phi) is 5.57. The van der Waals surface area contributed by atoms with Gasteiger partial charge >= 0.3 is 5.97 Å². The molecule has 0 fully saturated rings. The van der Waals surface area contributed by atoms with Gasteiger partial charge in [-0.1, -0.05) is 27.7 Å². The summed E-state index contributed by atoms with van der Waals surface area (Å²) in [6.45, 7) is 10.2. The highest BCUT2D eigenvalue weighted by atomic mass is 32.2. The van der Waals surface area contributed by atoms with Gasteiger partial charge in [-0.15, -0.1) is 11.8 Å². The van der Waals surface area contributed by atoms with Gasteiger partial charge < -0.3 is 5.11 Å². The molecule has 0 radical (unpaired) electrons. The zero-order chi connectivity index (χ0) is 11.4. The Bertz CT molecular complexity index is 190. The molecule has 3 heteroatoms. The Morgan fingerprint density at radius 3 is 2.14 bits per heavy atom. The smallest absolute Gasteiger partial charge is 0.319 e. The molecule has 1 N–H and O–H groups in total. The summed E-state index contributed by atoms with van der Waals surface area (Å²) in [6.07, 6.45) is 1.73. The van der Waals surface area contributed by atoms with Gasteiger partial charge in [0.1, 0.15) is 4.75 Å². The summed E-state index contributed by atoms with van der Waals surface area (Å²) < 4.78 is -0.613. The maximum atomic E-state index is 11.1. The quantitative estimate of drug-likeness (QED) is 0.742. The molecule has 14 heavy (non-hydrogen) atoms. The average molecular weight is 218 g/mol. The van der Waals surface area contributed by atoms with Crippen molar-refractivity contribution in [3.8, 4) is 0 Å². The van der Waals surface area contributed by atoms with E-state index in [1.807, 2.05) is 20.8 Å². The number of carboxylic acids is 1. The van der Waals surface area contributed by atoms with Crippen LogP contribution in [0.2, 0.25) is 0 Å². The summed E-state index contributed by atoms with van der Waals surface area (Å²) in [5, 5.41) is 9.54. The van der Waals surface area contributed by atoms with E-state index in [0.29, 0.717) is 11.2 Å². The second kappa shape index (κ2) is 5.64. The number of hydrogen-bond donors (Lipinski definition) is 1. The number of hydrogen-bond acceptors (Lipinski definition) is 2. The van der Waals surface area contributed by atoms with E-state index in [0.717, 1.165) is 12.8 Å².